The van der Waals surface area contributed by atoms with Gasteiger partial charge in [0.2, 0.25) is 0 Å². The van der Waals surface area contributed by atoms with Crippen LogP contribution in [0.2, 0.25) is 0 Å². The summed E-state index contributed by atoms with van der Waals surface area (Å²) in [5, 5.41) is 0. The molecule has 128 valence electrons. The Bertz CT molecular complexity index is 747. The zero-order valence-corrected chi connectivity index (χ0v) is 14.2. The first kappa shape index (κ1) is 17.2. The van der Waals surface area contributed by atoms with Gasteiger partial charge in [0.05, 0.1) is 5.56 Å². The van der Waals surface area contributed by atoms with E-state index in [0.29, 0.717) is 18.4 Å². The first-order valence-electron chi connectivity index (χ1n) is 8.75. The molecule has 1 unspecified atom stereocenters. The number of carbonyl (C=O) groups excluding carboxylic acids is 2. The third-order valence-electron chi connectivity index (χ3n) is 4.45. The molecule has 3 rings (SSSR count). The van der Waals surface area contributed by atoms with Crippen LogP contribution in [0.15, 0.2) is 72.3 Å². The van der Waals surface area contributed by atoms with Crippen molar-refractivity contribution < 1.29 is 14.3 Å². The lowest BCUT2D eigenvalue weighted by atomic mass is 10.0. The van der Waals surface area contributed by atoms with Crippen molar-refractivity contribution in [1.29, 1.82) is 0 Å². The highest BCUT2D eigenvalue weighted by atomic mass is 16.5. The van der Waals surface area contributed by atoms with E-state index in [-0.39, 0.29) is 17.9 Å². The molecule has 3 heteroatoms. The van der Waals surface area contributed by atoms with Crippen molar-refractivity contribution in [1.82, 2.24) is 0 Å². The Labute approximate surface area is 148 Å². The molecule has 0 saturated carbocycles. The Morgan fingerprint density at radius 3 is 2.28 bits per heavy atom. The Hall–Kier alpha value is -2.68. The fourth-order valence-electron chi connectivity index (χ4n) is 3.10. The van der Waals surface area contributed by atoms with Gasteiger partial charge in [-0.1, -0.05) is 48.5 Å². The summed E-state index contributed by atoms with van der Waals surface area (Å²) in [6, 6.07) is 19.3. The summed E-state index contributed by atoms with van der Waals surface area (Å²) >= 11 is 0. The highest BCUT2D eigenvalue weighted by molar-refractivity contribution is 5.93. The van der Waals surface area contributed by atoms with E-state index >= 15 is 0 Å². The third kappa shape index (κ3) is 4.90. The van der Waals surface area contributed by atoms with E-state index in [4.69, 9.17) is 4.74 Å². The smallest absolute Gasteiger partial charge is 0.338 e. The van der Waals surface area contributed by atoms with Crippen molar-refractivity contribution >= 4 is 11.8 Å². The van der Waals surface area contributed by atoms with E-state index in [0.717, 1.165) is 24.8 Å². The summed E-state index contributed by atoms with van der Waals surface area (Å²) in [4.78, 5) is 24.0. The number of carbonyl (C=O) groups is 2. The average molecular weight is 334 g/mol. The number of ether oxygens (including phenoxy) is 1. The monoisotopic (exact) mass is 334 g/mol. The molecule has 0 aromatic heterocycles. The maximum atomic E-state index is 12.4. The van der Waals surface area contributed by atoms with Crippen molar-refractivity contribution in [2.75, 3.05) is 0 Å². The number of allylic oxidation sites excluding steroid dienone is 1. The largest absolute Gasteiger partial charge is 0.454 e. The Morgan fingerprint density at radius 2 is 1.64 bits per heavy atom. The lowest BCUT2D eigenvalue weighted by Crippen LogP contribution is -2.20. The van der Waals surface area contributed by atoms with Crippen molar-refractivity contribution in [3.05, 3.63) is 83.4 Å². The topological polar surface area (TPSA) is 43.4 Å². The maximum absolute atomic E-state index is 12.4. The molecule has 0 amide bonds. The van der Waals surface area contributed by atoms with Crippen LogP contribution in [-0.2, 0) is 16.0 Å². The number of aryl methyl sites for hydroxylation is 1. The fraction of sp³-hybridized carbons (Fsp3) is 0.273. The fourth-order valence-corrected chi connectivity index (χ4v) is 3.10. The third-order valence-corrected chi connectivity index (χ3v) is 4.45. The molecule has 1 atom stereocenters. The van der Waals surface area contributed by atoms with Crippen LogP contribution >= 0.6 is 0 Å². The maximum Gasteiger partial charge on any atom is 0.338 e. The lowest BCUT2D eigenvalue weighted by molar-refractivity contribution is -0.114. The molecule has 0 aliphatic heterocycles. The van der Waals surface area contributed by atoms with Crippen LogP contribution in [-0.4, -0.2) is 17.9 Å². The normalized spacial score (nSPS) is 14.9. The van der Waals surface area contributed by atoms with Gasteiger partial charge in [-0.25, -0.2) is 4.79 Å². The molecule has 0 radical (unpaired) electrons. The second-order valence-corrected chi connectivity index (χ2v) is 6.32. The summed E-state index contributed by atoms with van der Waals surface area (Å²) in [6.45, 7) is 0. The molecule has 0 N–H and O–H groups in total. The van der Waals surface area contributed by atoms with E-state index in [1.807, 2.05) is 36.4 Å². The highest BCUT2D eigenvalue weighted by Gasteiger charge is 2.24. The molecule has 25 heavy (non-hydrogen) atoms. The molecule has 0 fully saturated rings. The van der Waals surface area contributed by atoms with Crippen LogP contribution in [0.25, 0.3) is 0 Å². The van der Waals surface area contributed by atoms with Crippen LogP contribution < -0.4 is 0 Å². The summed E-state index contributed by atoms with van der Waals surface area (Å²) < 4.78 is 5.75. The van der Waals surface area contributed by atoms with Gasteiger partial charge < -0.3 is 4.74 Å². The van der Waals surface area contributed by atoms with Gasteiger partial charge in [0.1, 0.15) is 6.10 Å². The predicted molar refractivity (Wildman–Crippen MR) is 97.3 cm³/mol. The van der Waals surface area contributed by atoms with Crippen LogP contribution in [0.4, 0.5) is 0 Å². The molecular weight excluding hydrogens is 312 g/mol. The molecule has 2 aromatic rings. The first-order valence-corrected chi connectivity index (χ1v) is 8.75. The quantitative estimate of drug-likeness (QED) is 0.699. The van der Waals surface area contributed by atoms with Crippen molar-refractivity contribution in [3.8, 4) is 0 Å². The van der Waals surface area contributed by atoms with E-state index in [1.165, 1.54) is 5.56 Å². The van der Waals surface area contributed by atoms with E-state index in [9.17, 15) is 9.59 Å². The summed E-state index contributed by atoms with van der Waals surface area (Å²) in [5.74, 6) is -0.204. The van der Waals surface area contributed by atoms with E-state index in [2.05, 4.69) is 12.1 Å². The van der Waals surface area contributed by atoms with Crippen LogP contribution in [0.1, 0.15) is 41.6 Å². The van der Waals surface area contributed by atoms with Gasteiger partial charge in [0, 0.05) is 6.42 Å². The standard InChI is InChI=1S/C22H22O3/c23-20-15-14-19(16-20)21(13-7-10-17-8-3-1-4-9-17)25-22(24)18-11-5-2-6-12-18/h1-6,8-9,11-12,16,21H,7,10,13-15H2. The first-order chi connectivity index (χ1) is 12.2. The number of hydrogen-bond donors (Lipinski definition) is 0. The van der Waals surface area contributed by atoms with Gasteiger partial charge >= 0.3 is 5.97 Å². The highest BCUT2D eigenvalue weighted by Crippen LogP contribution is 2.25. The second kappa shape index (κ2) is 8.43. The summed E-state index contributed by atoms with van der Waals surface area (Å²) in [5.41, 5.74) is 2.76. The number of rotatable bonds is 7. The Morgan fingerprint density at radius 1 is 0.960 bits per heavy atom. The molecule has 1 aliphatic rings. The number of esters is 1. The number of hydrogen-bond acceptors (Lipinski definition) is 3. The van der Waals surface area contributed by atoms with Crippen LogP contribution in [0, 0.1) is 0 Å². The second-order valence-electron chi connectivity index (χ2n) is 6.32. The zero-order chi connectivity index (χ0) is 17.5. The molecule has 0 bridgehead atoms. The van der Waals surface area contributed by atoms with Crippen LogP contribution in [0.3, 0.4) is 0 Å². The van der Waals surface area contributed by atoms with Crippen molar-refractivity contribution in [2.24, 2.45) is 0 Å². The Kier molecular flexibility index (Phi) is 5.78. The molecule has 1 aliphatic carbocycles. The van der Waals surface area contributed by atoms with Crippen LogP contribution in [0.5, 0.6) is 0 Å². The van der Waals surface area contributed by atoms with E-state index < -0.39 is 0 Å². The molecule has 0 saturated heterocycles. The van der Waals surface area contributed by atoms with Gasteiger partial charge in [-0.3, -0.25) is 4.79 Å². The van der Waals surface area contributed by atoms with Gasteiger partial charge in [0.25, 0.3) is 0 Å². The number of benzene rings is 2. The zero-order valence-electron chi connectivity index (χ0n) is 14.2. The lowest BCUT2D eigenvalue weighted by Gasteiger charge is -2.19. The van der Waals surface area contributed by atoms with E-state index in [1.54, 1.807) is 18.2 Å². The minimum atomic E-state index is -0.328. The molecular formula is C22H22O3. The molecule has 0 spiro atoms. The molecule has 3 nitrogen and oxygen atoms in total. The predicted octanol–water partition coefficient (Wildman–Crippen LogP) is 4.52. The number of ketones is 1. The van der Waals surface area contributed by atoms with Crippen molar-refractivity contribution in [3.63, 3.8) is 0 Å². The van der Waals surface area contributed by atoms with Gasteiger partial charge in [-0.2, -0.15) is 0 Å². The minimum Gasteiger partial charge on any atom is -0.454 e. The SMILES string of the molecule is O=C1C=C(C(CCCc2ccccc2)OC(=O)c2ccccc2)CC1. The molecule has 0 heterocycles. The van der Waals surface area contributed by atoms with Gasteiger partial charge in [-0.15, -0.1) is 0 Å². The molecule has 2 aromatic carbocycles. The van der Waals surface area contributed by atoms with Crippen molar-refractivity contribution in [2.45, 2.75) is 38.2 Å². The van der Waals surface area contributed by atoms with Gasteiger partial charge in [-0.05, 0) is 55.0 Å². The summed E-state index contributed by atoms with van der Waals surface area (Å²) in [7, 11) is 0. The average Bonchev–Trinajstić information content (AvgIpc) is 3.09. The Balaban J connectivity index is 1.64. The summed E-state index contributed by atoms with van der Waals surface area (Å²) in [6.07, 6.45) is 5.12. The van der Waals surface area contributed by atoms with Gasteiger partial charge in [0.15, 0.2) is 5.78 Å². The minimum absolute atomic E-state index is 0.124.